The van der Waals surface area contributed by atoms with Gasteiger partial charge in [0, 0.05) is 18.0 Å². The van der Waals surface area contributed by atoms with Crippen LogP contribution in [-0.4, -0.2) is 29.4 Å². The van der Waals surface area contributed by atoms with E-state index in [0.29, 0.717) is 12.1 Å². The molecule has 0 aromatic rings. The molecule has 1 nitrogen and oxygen atoms in total. The quantitative estimate of drug-likeness (QED) is 0.575. The number of alkyl halides is 1. The van der Waals surface area contributed by atoms with Gasteiger partial charge in [-0.1, -0.05) is 13.3 Å². The molecule has 0 radical (unpaired) electrons. The smallest absolute Gasteiger partial charge is 0.0235 e. The number of nitrogens with zero attached hydrogens (tertiary/aromatic N) is 1. The summed E-state index contributed by atoms with van der Waals surface area (Å²) in [5.41, 5.74) is 0. The third-order valence-electron chi connectivity index (χ3n) is 2.49. The van der Waals surface area contributed by atoms with Gasteiger partial charge in [-0.25, -0.2) is 0 Å². The number of rotatable bonds is 7. The van der Waals surface area contributed by atoms with Gasteiger partial charge in [0.1, 0.15) is 0 Å². The Balaban J connectivity index is 3.91. The van der Waals surface area contributed by atoms with Crippen LogP contribution in [0.1, 0.15) is 47.0 Å². The van der Waals surface area contributed by atoms with E-state index in [4.69, 9.17) is 11.6 Å². The third kappa shape index (κ3) is 5.53. The molecule has 2 heteroatoms. The molecular weight excluding hydrogens is 182 g/mol. The topological polar surface area (TPSA) is 3.24 Å². The minimum absolute atomic E-state index is 0.643. The van der Waals surface area contributed by atoms with E-state index in [-0.39, 0.29) is 0 Å². The second-order valence-corrected chi connectivity index (χ2v) is 4.39. The first-order valence-electron chi connectivity index (χ1n) is 5.45. The third-order valence-corrected chi connectivity index (χ3v) is 2.75. The van der Waals surface area contributed by atoms with Crippen LogP contribution in [0.2, 0.25) is 0 Å². The highest BCUT2D eigenvalue weighted by atomic mass is 35.5. The van der Waals surface area contributed by atoms with Crippen LogP contribution in [0.5, 0.6) is 0 Å². The number of hydrogen-bond acceptors (Lipinski definition) is 1. The molecule has 0 heterocycles. The van der Waals surface area contributed by atoms with Gasteiger partial charge in [-0.2, -0.15) is 0 Å². The highest BCUT2D eigenvalue weighted by molar-refractivity contribution is 6.17. The molecule has 0 spiro atoms. The lowest BCUT2D eigenvalue weighted by molar-refractivity contribution is 0.156. The van der Waals surface area contributed by atoms with Crippen molar-refractivity contribution in [1.29, 1.82) is 0 Å². The van der Waals surface area contributed by atoms with E-state index in [0.717, 1.165) is 18.8 Å². The molecule has 0 amide bonds. The average Bonchev–Trinajstić information content (AvgIpc) is 2.05. The Kier molecular flexibility index (Phi) is 7.78. The van der Waals surface area contributed by atoms with Crippen molar-refractivity contribution in [3.05, 3.63) is 0 Å². The summed E-state index contributed by atoms with van der Waals surface area (Å²) in [5, 5.41) is 0. The molecule has 0 fully saturated rings. The summed E-state index contributed by atoms with van der Waals surface area (Å²) in [5.74, 6) is 0.780. The van der Waals surface area contributed by atoms with Crippen molar-refractivity contribution in [3.63, 3.8) is 0 Å². The molecule has 0 aromatic heterocycles. The monoisotopic (exact) mass is 205 g/mol. The van der Waals surface area contributed by atoms with Crippen LogP contribution >= 0.6 is 11.6 Å². The van der Waals surface area contributed by atoms with Crippen LogP contribution in [0.15, 0.2) is 0 Å². The molecule has 0 bridgehead atoms. The maximum absolute atomic E-state index is 5.71. The summed E-state index contributed by atoms with van der Waals surface area (Å²) in [6.07, 6.45) is 3.67. The molecule has 0 aliphatic heterocycles. The van der Waals surface area contributed by atoms with Crippen molar-refractivity contribution in [2.45, 2.75) is 59.0 Å². The van der Waals surface area contributed by atoms with Crippen molar-refractivity contribution in [3.8, 4) is 0 Å². The van der Waals surface area contributed by atoms with Gasteiger partial charge < -0.3 is 0 Å². The maximum Gasteiger partial charge on any atom is 0.0235 e. The average molecular weight is 206 g/mol. The van der Waals surface area contributed by atoms with E-state index < -0.39 is 0 Å². The SMILES string of the molecule is CCCC(C)N(CCCCl)C(C)C. The first-order chi connectivity index (χ1) is 6.13. The first kappa shape index (κ1) is 13.2. The van der Waals surface area contributed by atoms with E-state index >= 15 is 0 Å². The van der Waals surface area contributed by atoms with E-state index in [1.54, 1.807) is 0 Å². The van der Waals surface area contributed by atoms with Crippen LogP contribution in [-0.2, 0) is 0 Å². The molecule has 0 rings (SSSR count). The fourth-order valence-electron chi connectivity index (χ4n) is 1.81. The van der Waals surface area contributed by atoms with E-state index in [1.165, 1.54) is 12.8 Å². The Hall–Kier alpha value is 0.250. The van der Waals surface area contributed by atoms with Crippen LogP contribution in [0, 0.1) is 0 Å². The Morgan fingerprint density at radius 1 is 1.23 bits per heavy atom. The van der Waals surface area contributed by atoms with Crippen molar-refractivity contribution in [1.82, 2.24) is 4.90 Å². The Labute approximate surface area is 88.5 Å². The van der Waals surface area contributed by atoms with E-state index in [9.17, 15) is 0 Å². The Morgan fingerprint density at radius 2 is 1.85 bits per heavy atom. The number of hydrogen-bond donors (Lipinski definition) is 0. The van der Waals surface area contributed by atoms with Crippen molar-refractivity contribution < 1.29 is 0 Å². The van der Waals surface area contributed by atoms with Gasteiger partial charge in [-0.05, 0) is 40.2 Å². The van der Waals surface area contributed by atoms with Gasteiger partial charge in [0.2, 0.25) is 0 Å². The summed E-state index contributed by atoms with van der Waals surface area (Å²) >= 11 is 5.71. The summed E-state index contributed by atoms with van der Waals surface area (Å²) in [7, 11) is 0. The highest BCUT2D eigenvalue weighted by Crippen LogP contribution is 2.11. The normalized spacial score (nSPS) is 14.1. The molecule has 0 aliphatic rings. The fourth-order valence-corrected chi connectivity index (χ4v) is 1.93. The molecule has 0 saturated carbocycles. The van der Waals surface area contributed by atoms with E-state index in [1.807, 2.05) is 0 Å². The van der Waals surface area contributed by atoms with Gasteiger partial charge in [0.25, 0.3) is 0 Å². The summed E-state index contributed by atoms with van der Waals surface area (Å²) in [6, 6.07) is 1.35. The van der Waals surface area contributed by atoms with Gasteiger partial charge in [-0.15, -0.1) is 11.6 Å². The van der Waals surface area contributed by atoms with Crippen LogP contribution in [0.3, 0.4) is 0 Å². The highest BCUT2D eigenvalue weighted by Gasteiger charge is 2.15. The summed E-state index contributed by atoms with van der Waals surface area (Å²) < 4.78 is 0. The zero-order valence-corrected chi connectivity index (χ0v) is 10.3. The first-order valence-corrected chi connectivity index (χ1v) is 5.98. The molecule has 80 valence electrons. The molecule has 13 heavy (non-hydrogen) atoms. The molecule has 0 N–H and O–H groups in total. The Morgan fingerprint density at radius 3 is 2.23 bits per heavy atom. The molecule has 1 unspecified atom stereocenters. The second kappa shape index (κ2) is 7.64. The van der Waals surface area contributed by atoms with Crippen LogP contribution < -0.4 is 0 Å². The van der Waals surface area contributed by atoms with Gasteiger partial charge >= 0.3 is 0 Å². The van der Waals surface area contributed by atoms with Crippen molar-refractivity contribution in [2.75, 3.05) is 12.4 Å². The largest absolute Gasteiger partial charge is 0.298 e. The van der Waals surface area contributed by atoms with Crippen molar-refractivity contribution >= 4 is 11.6 Å². The molecular formula is C11H24ClN. The van der Waals surface area contributed by atoms with Gasteiger partial charge in [0.05, 0.1) is 0 Å². The van der Waals surface area contributed by atoms with Crippen LogP contribution in [0.4, 0.5) is 0 Å². The predicted octanol–water partition coefficient (Wildman–Crippen LogP) is 3.51. The molecule has 0 saturated heterocycles. The minimum Gasteiger partial charge on any atom is -0.298 e. The second-order valence-electron chi connectivity index (χ2n) is 4.01. The summed E-state index contributed by atoms with van der Waals surface area (Å²) in [4.78, 5) is 2.55. The van der Waals surface area contributed by atoms with Crippen molar-refractivity contribution in [2.24, 2.45) is 0 Å². The lowest BCUT2D eigenvalue weighted by Crippen LogP contribution is -2.39. The molecule has 0 aromatic carbocycles. The zero-order chi connectivity index (χ0) is 10.3. The van der Waals surface area contributed by atoms with Crippen LogP contribution in [0.25, 0.3) is 0 Å². The predicted molar refractivity (Wildman–Crippen MR) is 61.5 cm³/mol. The van der Waals surface area contributed by atoms with E-state index in [2.05, 4.69) is 32.6 Å². The minimum atomic E-state index is 0.643. The maximum atomic E-state index is 5.71. The fraction of sp³-hybridized carbons (Fsp3) is 1.00. The molecule has 0 aliphatic carbocycles. The van der Waals surface area contributed by atoms with Gasteiger partial charge in [0.15, 0.2) is 0 Å². The zero-order valence-electron chi connectivity index (χ0n) is 9.52. The Bertz CT molecular complexity index is 115. The standard InChI is InChI=1S/C11H24ClN/c1-5-7-11(4)13(10(2)3)9-6-8-12/h10-11H,5-9H2,1-4H3. The number of halogens is 1. The molecule has 1 atom stereocenters. The summed E-state index contributed by atoms with van der Waals surface area (Å²) in [6.45, 7) is 10.2. The van der Waals surface area contributed by atoms with Gasteiger partial charge in [-0.3, -0.25) is 4.90 Å². The lowest BCUT2D eigenvalue weighted by Gasteiger charge is -2.32. The lowest BCUT2D eigenvalue weighted by atomic mass is 10.1.